The van der Waals surface area contributed by atoms with Crippen LogP contribution in [0.2, 0.25) is 0 Å². The van der Waals surface area contributed by atoms with Gasteiger partial charge in [0.15, 0.2) is 0 Å². The standard InChI is InChI=1S/C24H29N5O2/c1-19(2)7-6-14-28-22(30)24(29(23(28)31)18-20-8-4-3-5-9-20)10-15-27(16-11-24)21-17-25-12-13-26-21/h3-5,7-9,12-13,17H,6,10-11,14-16,18H2,1-2H3. The van der Waals surface area contributed by atoms with Gasteiger partial charge in [-0.3, -0.25) is 14.7 Å². The zero-order valence-corrected chi connectivity index (χ0v) is 18.2. The molecule has 7 heteroatoms. The molecule has 0 radical (unpaired) electrons. The lowest BCUT2D eigenvalue weighted by Gasteiger charge is -2.42. The minimum Gasteiger partial charge on any atom is -0.355 e. The van der Waals surface area contributed by atoms with Crippen LogP contribution in [0.4, 0.5) is 10.6 Å². The lowest BCUT2D eigenvalue weighted by Crippen LogP contribution is -2.56. The Bertz CT molecular complexity index is 948. The van der Waals surface area contributed by atoms with E-state index in [1.54, 1.807) is 23.5 Å². The SMILES string of the molecule is CC(C)=CCCN1C(=O)N(Cc2ccccc2)C2(CCN(c3cnccn3)CC2)C1=O. The number of hydrogen-bond donors (Lipinski definition) is 0. The number of piperidine rings is 1. The van der Waals surface area contributed by atoms with Gasteiger partial charge in [0.1, 0.15) is 11.4 Å². The fourth-order valence-corrected chi connectivity index (χ4v) is 4.49. The van der Waals surface area contributed by atoms with Crippen molar-refractivity contribution >= 4 is 17.8 Å². The molecular weight excluding hydrogens is 390 g/mol. The summed E-state index contributed by atoms with van der Waals surface area (Å²) in [5.74, 6) is 0.749. The van der Waals surface area contributed by atoms with Crippen molar-refractivity contribution in [3.05, 3.63) is 66.1 Å². The molecule has 0 N–H and O–H groups in total. The smallest absolute Gasteiger partial charge is 0.327 e. The highest BCUT2D eigenvalue weighted by atomic mass is 16.2. The number of benzene rings is 1. The number of rotatable bonds is 6. The summed E-state index contributed by atoms with van der Waals surface area (Å²) in [7, 11) is 0. The topological polar surface area (TPSA) is 69.6 Å². The predicted molar refractivity (Wildman–Crippen MR) is 119 cm³/mol. The molecule has 2 aliphatic heterocycles. The zero-order chi connectivity index (χ0) is 21.8. The van der Waals surface area contributed by atoms with Crippen LogP contribution >= 0.6 is 0 Å². The van der Waals surface area contributed by atoms with Crippen molar-refractivity contribution in [1.82, 2.24) is 19.8 Å². The molecule has 4 rings (SSSR count). The number of nitrogens with zero attached hydrogens (tertiary/aromatic N) is 5. The van der Waals surface area contributed by atoms with Crippen LogP contribution in [-0.2, 0) is 11.3 Å². The Morgan fingerprint density at radius 1 is 1.10 bits per heavy atom. The maximum Gasteiger partial charge on any atom is 0.327 e. The monoisotopic (exact) mass is 419 g/mol. The maximum atomic E-state index is 13.6. The largest absolute Gasteiger partial charge is 0.355 e. The first-order valence-electron chi connectivity index (χ1n) is 10.8. The van der Waals surface area contributed by atoms with Crippen molar-refractivity contribution in [1.29, 1.82) is 0 Å². The lowest BCUT2D eigenvalue weighted by molar-refractivity contribution is -0.134. The van der Waals surface area contributed by atoms with E-state index in [0.717, 1.165) is 11.4 Å². The summed E-state index contributed by atoms with van der Waals surface area (Å²) < 4.78 is 0. The molecule has 7 nitrogen and oxygen atoms in total. The molecule has 2 aromatic rings. The molecule has 1 aromatic heterocycles. The average molecular weight is 420 g/mol. The number of hydrogen-bond acceptors (Lipinski definition) is 5. The van der Waals surface area contributed by atoms with Gasteiger partial charge in [0, 0.05) is 38.6 Å². The first kappa shape index (κ1) is 21.0. The van der Waals surface area contributed by atoms with Crippen LogP contribution in [0.25, 0.3) is 0 Å². The van der Waals surface area contributed by atoms with E-state index in [1.807, 2.05) is 44.2 Å². The van der Waals surface area contributed by atoms with Gasteiger partial charge < -0.3 is 9.80 Å². The molecule has 0 atom stereocenters. The Labute approximate surface area is 183 Å². The van der Waals surface area contributed by atoms with E-state index >= 15 is 0 Å². The Kier molecular flexibility index (Phi) is 6.02. The molecular formula is C24H29N5O2. The van der Waals surface area contributed by atoms with Crippen LogP contribution in [0.15, 0.2) is 60.6 Å². The third-order valence-corrected chi connectivity index (χ3v) is 6.17. The minimum absolute atomic E-state index is 0.0608. The van der Waals surface area contributed by atoms with E-state index in [4.69, 9.17) is 0 Å². The molecule has 0 bridgehead atoms. The molecule has 2 aliphatic rings. The molecule has 2 saturated heterocycles. The van der Waals surface area contributed by atoms with E-state index < -0.39 is 5.54 Å². The van der Waals surface area contributed by atoms with Crippen LogP contribution < -0.4 is 4.90 Å². The summed E-state index contributed by atoms with van der Waals surface area (Å²) in [4.78, 5) is 41.0. The van der Waals surface area contributed by atoms with Crippen molar-refractivity contribution in [2.24, 2.45) is 0 Å². The van der Waals surface area contributed by atoms with Gasteiger partial charge in [-0.25, -0.2) is 9.78 Å². The van der Waals surface area contributed by atoms with Crippen molar-refractivity contribution < 1.29 is 9.59 Å². The number of carbonyl (C=O) groups is 2. The van der Waals surface area contributed by atoms with E-state index in [0.29, 0.717) is 45.4 Å². The molecule has 0 unspecified atom stereocenters. The molecule has 3 amide bonds. The molecule has 3 heterocycles. The van der Waals surface area contributed by atoms with Gasteiger partial charge in [-0.1, -0.05) is 42.0 Å². The van der Waals surface area contributed by atoms with Crippen molar-refractivity contribution in [2.75, 3.05) is 24.5 Å². The molecule has 0 aliphatic carbocycles. The van der Waals surface area contributed by atoms with Crippen molar-refractivity contribution in [3.63, 3.8) is 0 Å². The van der Waals surface area contributed by atoms with Crippen molar-refractivity contribution in [3.8, 4) is 0 Å². The highest BCUT2D eigenvalue weighted by Gasteiger charge is 2.57. The zero-order valence-electron chi connectivity index (χ0n) is 18.2. The fraction of sp³-hybridized carbons (Fsp3) is 0.417. The predicted octanol–water partition coefficient (Wildman–Crippen LogP) is 3.64. The van der Waals surface area contributed by atoms with Crippen LogP contribution in [0.1, 0.15) is 38.7 Å². The first-order chi connectivity index (χ1) is 15.0. The van der Waals surface area contributed by atoms with Gasteiger partial charge in [0.2, 0.25) is 0 Å². The van der Waals surface area contributed by atoms with E-state index in [1.165, 1.54) is 10.5 Å². The second-order valence-corrected chi connectivity index (χ2v) is 8.46. The number of carbonyl (C=O) groups excluding carboxylic acids is 2. The average Bonchev–Trinajstić information content (AvgIpc) is 2.97. The van der Waals surface area contributed by atoms with Gasteiger partial charge in [0.25, 0.3) is 5.91 Å². The fourth-order valence-electron chi connectivity index (χ4n) is 4.49. The number of urea groups is 1. The number of imide groups is 1. The lowest BCUT2D eigenvalue weighted by atomic mass is 9.85. The first-order valence-corrected chi connectivity index (χ1v) is 10.8. The number of aromatic nitrogens is 2. The third kappa shape index (κ3) is 4.17. The Balaban J connectivity index is 1.58. The summed E-state index contributed by atoms with van der Waals surface area (Å²) in [6.07, 6.45) is 8.99. The van der Waals surface area contributed by atoms with Crippen LogP contribution in [0, 0.1) is 0 Å². The number of amides is 3. The Morgan fingerprint density at radius 3 is 2.48 bits per heavy atom. The summed E-state index contributed by atoms with van der Waals surface area (Å²) in [5.41, 5.74) is 1.43. The molecule has 1 aromatic carbocycles. The second-order valence-electron chi connectivity index (χ2n) is 8.46. The highest BCUT2D eigenvalue weighted by molar-refractivity contribution is 6.07. The molecule has 162 valence electrons. The summed E-state index contributed by atoms with van der Waals surface area (Å²) >= 11 is 0. The molecule has 0 saturated carbocycles. The quantitative estimate of drug-likeness (QED) is 0.528. The summed E-state index contributed by atoms with van der Waals surface area (Å²) in [6, 6.07) is 9.73. The third-order valence-electron chi connectivity index (χ3n) is 6.17. The summed E-state index contributed by atoms with van der Waals surface area (Å²) in [5, 5.41) is 0. The van der Waals surface area contributed by atoms with Gasteiger partial charge in [-0.2, -0.15) is 0 Å². The highest BCUT2D eigenvalue weighted by Crippen LogP contribution is 2.39. The number of anilines is 1. The van der Waals surface area contributed by atoms with Crippen molar-refractivity contribution in [2.45, 2.75) is 45.2 Å². The van der Waals surface area contributed by atoms with Gasteiger partial charge >= 0.3 is 6.03 Å². The van der Waals surface area contributed by atoms with Gasteiger partial charge in [-0.15, -0.1) is 0 Å². The second kappa shape index (κ2) is 8.88. The Morgan fingerprint density at radius 2 is 1.84 bits per heavy atom. The molecule has 2 fully saturated rings. The van der Waals surface area contributed by atoms with Gasteiger partial charge in [-0.05, 0) is 38.7 Å². The maximum absolute atomic E-state index is 13.6. The van der Waals surface area contributed by atoms with Crippen LogP contribution in [0.3, 0.4) is 0 Å². The molecule has 31 heavy (non-hydrogen) atoms. The van der Waals surface area contributed by atoms with E-state index in [-0.39, 0.29) is 11.9 Å². The van der Waals surface area contributed by atoms with Crippen LogP contribution in [0.5, 0.6) is 0 Å². The Hall–Kier alpha value is -3.22. The molecule has 1 spiro atoms. The van der Waals surface area contributed by atoms with Crippen LogP contribution in [-0.4, -0.2) is 56.9 Å². The van der Waals surface area contributed by atoms with E-state index in [9.17, 15) is 9.59 Å². The van der Waals surface area contributed by atoms with Gasteiger partial charge in [0.05, 0.1) is 6.20 Å². The number of allylic oxidation sites excluding steroid dienone is 1. The minimum atomic E-state index is -0.795. The van der Waals surface area contributed by atoms with E-state index in [2.05, 4.69) is 20.9 Å². The summed E-state index contributed by atoms with van der Waals surface area (Å²) in [6.45, 7) is 6.23. The normalized spacial score (nSPS) is 18.1.